The second kappa shape index (κ2) is 8.88. The lowest BCUT2D eigenvalue weighted by Crippen LogP contribution is -2.54. The van der Waals surface area contributed by atoms with Gasteiger partial charge in [-0.1, -0.05) is 68.9 Å². The molecule has 0 radical (unpaired) electrons. The molecule has 1 amide bonds. The van der Waals surface area contributed by atoms with E-state index in [-0.39, 0.29) is 5.91 Å². The molecule has 1 unspecified atom stereocenters. The summed E-state index contributed by atoms with van der Waals surface area (Å²) in [5, 5.41) is 3.00. The highest BCUT2D eigenvalue weighted by Gasteiger charge is 2.48. The Balaban J connectivity index is 1.56. The Morgan fingerprint density at radius 1 is 0.933 bits per heavy atom. The van der Waals surface area contributed by atoms with E-state index >= 15 is 0 Å². The highest BCUT2D eigenvalue weighted by Crippen LogP contribution is 2.47. The molecule has 5 rings (SSSR count). The Hall–Kier alpha value is -1.59. The Morgan fingerprint density at radius 2 is 1.60 bits per heavy atom. The molecule has 0 bridgehead atoms. The lowest BCUT2D eigenvalue weighted by atomic mass is 9.87. The summed E-state index contributed by atoms with van der Waals surface area (Å²) < 4.78 is 0.429. The quantitative estimate of drug-likeness (QED) is 0.526. The van der Waals surface area contributed by atoms with E-state index in [4.69, 9.17) is 4.98 Å². The van der Waals surface area contributed by atoms with Crippen molar-refractivity contribution in [2.45, 2.75) is 81.0 Å². The molecule has 0 spiro atoms. The Labute approximate surface area is 187 Å². The SMILES string of the molecule is O=C(N(C1CCCCC1)C1CCCCC1)C1(c2nc3ccccc3s2)C=CC=CS1. The van der Waals surface area contributed by atoms with E-state index < -0.39 is 4.75 Å². The molecule has 5 heteroatoms. The van der Waals surface area contributed by atoms with Crippen molar-refractivity contribution in [2.24, 2.45) is 0 Å². The number of thioether (sulfide) groups is 1. The predicted molar refractivity (Wildman–Crippen MR) is 128 cm³/mol. The second-order valence-electron chi connectivity index (χ2n) is 8.82. The molecule has 2 heterocycles. The van der Waals surface area contributed by atoms with Crippen LogP contribution in [0.1, 0.15) is 69.2 Å². The molecule has 3 nitrogen and oxygen atoms in total. The number of carbonyl (C=O) groups is 1. The number of carbonyl (C=O) groups excluding carboxylic acids is 1. The highest BCUT2D eigenvalue weighted by molar-refractivity contribution is 8.04. The summed E-state index contributed by atoms with van der Waals surface area (Å²) in [5.74, 6) is 0.269. The number of hydrogen-bond acceptors (Lipinski definition) is 4. The van der Waals surface area contributed by atoms with Gasteiger partial charge in [0.15, 0.2) is 4.75 Å². The van der Waals surface area contributed by atoms with Crippen molar-refractivity contribution < 1.29 is 4.79 Å². The van der Waals surface area contributed by atoms with Gasteiger partial charge in [0.1, 0.15) is 5.01 Å². The number of aromatic nitrogens is 1. The van der Waals surface area contributed by atoms with Crippen molar-refractivity contribution >= 4 is 39.2 Å². The Kier molecular flexibility index (Phi) is 6.01. The molecule has 0 saturated heterocycles. The van der Waals surface area contributed by atoms with Crippen LogP contribution >= 0.6 is 23.1 Å². The number of allylic oxidation sites excluding steroid dienone is 2. The van der Waals surface area contributed by atoms with Gasteiger partial charge in [-0.25, -0.2) is 4.98 Å². The van der Waals surface area contributed by atoms with E-state index in [1.165, 1.54) is 38.5 Å². The van der Waals surface area contributed by atoms with Crippen LogP contribution in [0.4, 0.5) is 0 Å². The molecule has 1 aliphatic heterocycles. The molecule has 158 valence electrons. The number of fused-ring (bicyclic) bond motifs is 1. The first kappa shape index (κ1) is 20.3. The largest absolute Gasteiger partial charge is 0.335 e. The number of rotatable bonds is 4. The lowest BCUT2D eigenvalue weighted by Gasteiger charge is -2.45. The monoisotopic (exact) mass is 438 g/mol. The fourth-order valence-electron chi connectivity index (χ4n) is 5.33. The molecule has 0 N–H and O–H groups in total. The number of hydrogen-bond donors (Lipinski definition) is 0. The van der Waals surface area contributed by atoms with Gasteiger partial charge in [0.2, 0.25) is 0 Å². The van der Waals surface area contributed by atoms with Crippen LogP contribution in [0.5, 0.6) is 0 Å². The summed E-state index contributed by atoms with van der Waals surface area (Å²) >= 11 is 3.31. The van der Waals surface area contributed by atoms with E-state index in [1.807, 2.05) is 18.2 Å². The van der Waals surface area contributed by atoms with Crippen molar-refractivity contribution in [3.63, 3.8) is 0 Å². The van der Waals surface area contributed by atoms with E-state index in [0.717, 1.165) is 40.9 Å². The highest BCUT2D eigenvalue weighted by atomic mass is 32.2. The van der Waals surface area contributed by atoms with Gasteiger partial charge >= 0.3 is 0 Å². The first-order chi connectivity index (χ1) is 14.8. The molecule has 1 aromatic heterocycles. The summed E-state index contributed by atoms with van der Waals surface area (Å²) in [6, 6.07) is 9.03. The number of thiazole rings is 1. The molecule has 30 heavy (non-hydrogen) atoms. The van der Waals surface area contributed by atoms with Gasteiger partial charge < -0.3 is 4.90 Å². The van der Waals surface area contributed by atoms with E-state index in [0.29, 0.717) is 12.1 Å². The van der Waals surface area contributed by atoms with Crippen LogP contribution < -0.4 is 0 Å². The van der Waals surface area contributed by atoms with Gasteiger partial charge in [-0.2, -0.15) is 0 Å². The first-order valence-electron chi connectivity index (χ1n) is 11.5. The molecule has 1 aromatic carbocycles. The zero-order chi connectivity index (χ0) is 20.4. The van der Waals surface area contributed by atoms with Gasteiger partial charge in [0, 0.05) is 12.1 Å². The molecule has 1 atom stereocenters. The minimum absolute atomic E-state index is 0.269. The van der Waals surface area contributed by atoms with Crippen LogP contribution in [0.15, 0.2) is 47.9 Å². The van der Waals surface area contributed by atoms with Gasteiger partial charge in [-0.3, -0.25) is 4.79 Å². The fraction of sp³-hybridized carbons (Fsp3) is 0.520. The van der Waals surface area contributed by atoms with Gasteiger partial charge in [0.05, 0.1) is 10.2 Å². The van der Waals surface area contributed by atoms with Crippen molar-refractivity contribution in [1.29, 1.82) is 0 Å². The van der Waals surface area contributed by atoms with Crippen LogP contribution in [-0.4, -0.2) is 27.9 Å². The molecule has 2 aromatic rings. The standard InChI is InChI=1S/C25H30N2OS2/c28-24(27(19-11-3-1-4-12-19)20-13-5-2-6-14-20)25(17-9-10-18-29-25)23-26-21-15-7-8-16-22(21)30-23/h7-10,15-20H,1-6,11-14H2. The van der Waals surface area contributed by atoms with Crippen LogP contribution in [0, 0.1) is 0 Å². The Morgan fingerprint density at radius 3 is 2.20 bits per heavy atom. The minimum atomic E-state index is -0.729. The number of amides is 1. The average molecular weight is 439 g/mol. The van der Waals surface area contributed by atoms with Gasteiger partial charge in [0.25, 0.3) is 5.91 Å². The third-order valence-corrected chi connectivity index (χ3v) is 9.34. The first-order valence-corrected chi connectivity index (χ1v) is 13.2. The Bertz CT molecular complexity index is 902. The molecule has 2 saturated carbocycles. The lowest BCUT2D eigenvalue weighted by molar-refractivity contribution is -0.139. The minimum Gasteiger partial charge on any atom is -0.335 e. The second-order valence-corrected chi connectivity index (χ2v) is 11.0. The normalized spacial score (nSPS) is 25.6. The van der Waals surface area contributed by atoms with Crippen LogP contribution in [-0.2, 0) is 9.54 Å². The summed E-state index contributed by atoms with van der Waals surface area (Å²) in [6.45, 7) is 0. The smallest absolute Gasteiger partial charge is 0.250 e. The van der Waals surface area contributed by atoms with Crippen molar-refractivity contribution in [1.82, 2.24) is 9.88 Å². The maximum absolute atomic E-state index is 14.5. The summed E-state index contributed by atoms with van der Waals surface area (Å²) in [7, 11) is 0. The summed E-state index contributed by atoms with van der Waals surface area (Å²) in [6.07, 6.45) is 18.4. The molecule has 2 fully saturated rings. The average Bonchev–Trinajstić information content (AvgIpc) is 3.26. The van der Waals surface area contributed by atoms with Gasteiger partial charge in [-0.15, -0.1) is 23.1 Å². The topological polar surface area (TPSA) is 33.2 Å². The maximum Gasteiger partial charge on any atom is 0.250 e. The van der Waals surface area contributed by atoms with Crippen LogP contribution in [0.25, 0.3) is 10.2 Å². The number of nitrogens with zero attached hydrogens (tertiary/aromatic N) is 2. The molecule has 2 aliphatic carbocycles. The van der Waals surface area contributed by atoms with E-state index in [2.05, 4.69) is 34.6 Å². The molecular weight excluding hydrogens is 408 g/mol. The molecule has 3 aliphatic rings. The number of benzene rings is 1. The van der Waals surface area contributed by atoms with Crippen molar-refractivity contribution in [3.05, 3.63) is 52.9 Å². The third-order valence-electron chi connectivity index (χ3n) is 6.87. The third kappa shape index (κ3) is 3.75. The van der Waals surface area contributed by atoms with E-state index in [1.54, 1.807) is 23.1 Å². The maximum atomic E-state index is 14.5. The fourth-order valence-corrected chi connectivity index (χ4v) is 7.52. The summed E-state index contributed by atoms with van der Waals surface area (Å²) in [4.78, 5) is 21.8. The molecular formula is C25H30N2OS2. The van der Waals surface area contributed by atoms with Crippen LogP contribution in [0.3, 0.4) is 0 Å². The zero-order valence-electron chi connectivity index (χ0n) is 17.5. The van der Waals surface area contributed by atoms with Crippen molar-refractivity contribution in [2.75, 3.05) is 0 Å². The predicted octanol–water partition coefficient (Wildman–Crippen LogP) is 6.80. The number of para-hydroxylation sites is 1. The zero-order valence-corrected chi connectivity index (χ0v) is 19.1. The van der Waals surface area contributed by atoms with Crippen molar-refractivity contribution in [3.8, 4) is 0 Å². The van der Waals surface area contributed by atoms with Gasteiger partial charge in [-0.05, 0) is 43.2 Å². The van der Waals surface area contributed by atoms with E-state index in [9.17, 15) is 4.79 Å². The van der Waals surface area contributed by atoms with Crippen LogP contribution in [0.2, 0.25) is 0 Å². The summed E-state index contributed by atoms with van der Waals surface area (Å²) in [5.41, 5.74) is 0.995.